The van der Waals surface area contributed by atoms with E-state index in [4.69, 9.17) is 4.74 Å². The van der Waals surface area contributed by atoms with E-state index in [2.05, 4.69) is 42.1 Å². The van der Waals surface area contributed by atoms with Gasteiger partial charge in [-0.05, 0) is 62.9 Å². The van der Waals surface area contributed by atoms with E-state index in [1.54, 1.807) is 19.2 Å². The Morgan fingerprint density at radius 3 is 2.74 bits per heavy atom. The standard InChI is InChI=1S/C18H23N3O2/c1-12-10-13(2)14(3)17(11-12)23-9-5-7-20-18(22)16-6-8-19-15(4)21-16/h6,8,10-11H,5,7,9H2,1-4H3,(H,20,22). The maximum Gasteiger partial charge on any atom is 0.270 e. The summed E-state index contributed by atoms with van der Waals surface area (Å²) in [6.07, 6.45) is 2.32. The monoisotopic (exact) mass is 313 g/mol. The molecule has 0 bridgehead atoms. The third-order valence-corrected chi connectivity index (χ3v) is 3.64. The van der Waals surface area contributed by atoms with Crippen molar-refractivity contribution in [2.75, 3.05) is 13.2 Å². The molecule has 1 amide bonds. The summed E-state index contributed by atoms with van der Waals surface area (Å²) < 4.78 is 5.83. The first-order valence-corrected chi connectivity index (χ1v) is 7.76. The fraction of sp³-hybridized carbons (Fsp3) is 0.389. The fourth-order valence-corrected chi connectivity index (χ4v) is 2.28. The van der Waals surface area contributed by atoms with Crippen LogP contribution in [0.25, 0.3) is 0 Å². The van der Waals surface area contributed by atoms with Crippen LogP contribution in [0.1, 0.15) is 39.4 Å². The topological polar surface area (TPSA) is 64.1 Å². The van der Waals surface area contributed by atoms with E-state index in [1.807, 2.05) is 6.07 Å². The molecule has 1 heterocycles. The normalized spacial score (nSPS) is 10.4. The zero-order valence-electron chi connectivity index (χ0n) is 14.1. The van der Waals surface area contributed by atoms with Crippen molar-refractivity contribution in [1.29, 1.82) is 0 Å². The number of carbonyl (C=O) groups is 1. The molecule has 0 saturated carbocycles. The Morgan fingerprint density at radius 1 is 1.22 bits per heavy atom. The second-order valence-corrected chi connectivity index (χ2v) is 5.65. The van der Waals surface area contributed by atoms with Crippen LogP contribution in [0.4, 0.5) is 0 Å². The number of hydrogen-bond donors (Lipinski definition) is 1. The van der Waals surface area contributed by atoms with Crippen LogP contribution in [0.2, 0.25) is 0 Å². The van der Waals surface area contributed by atoms with Gasteiger partial charge < -0.3 is 10.1 Å². The van der Waals surface area contributed by atoms with Crippen molar-refractivity contribution in [2.45, 2.75) is 34.1 Å². The molecule has 1 aromatic heterocycles. The molecule has 0 saturated heterocycles. The molecule has 2 rings (SSSR count). The average molecular weight is 313 g/mol. The summed E-state index contributed by atoms with van der Waals surface area (Å²) >= 11 is 0. The summed E-state index contributed by atoms with van der Waals surface area (Å²) in [7, 11) is 0. The molecule has 1 aromatic carbocycles. The maximum absolute atomic E-state index is 11.9. The van der Waals surface area contributed by atoms with Gasteiger partial charge in [0.25, 0.3) is 5.91 Å². The zero-order chi connectivity index (χ0) is 16.8. The molecule has 0 spiro atoms. The lowest BCUT2D eigenvalue weighted by Crippen LogP contribution is -2.26. The molecule has 0 atom stereocenters. The Morgan fingerprint density at radius 2 is 2.00 bits per heavy atom. The Hall–Kier alpha value is -2.43. The summed E-state index contributed by atoms with van der Waals surface area (Å²) in [6, 6.07) is 5.80. The van der Waals surface area contributed by atoms with E-state index >= 15 is 0 Å². The van der Waals surface area contributed by atoms with E-state index in [0.29, 0.717) is 24.7 Å². The SMILES string of the molecule is Cc1cc(C)c(C)c(OCCCNC(=O)c2ccnc(C)n2)c1. The van der Waals surface area contributed by atoms with Crippen molar-refractivity contribution in [2.24, 2.45) is 0 Å². The first-order chi connectivity index (χ1) is 11.0. The van der Waals surface area contributed by atoms with Crippen molar-refractivity contribution in [1.82, 2.24) is 15.3 Å². The second kappa shape index (κ2) is 7.72. The molecule has 0 unspecified atom stereocenters. The molecular formula is C18H23N3O2. The second-order valence-electron chi connectivity index (χ2n) is 5.65. The maximum atomic E-state index is 11.9. The number of amides is 1. The van der Waals surface area contributed by atoms with Gasteiger partial charge in [0.15, 0.2) is 0 Å². The van der Waals surface area contributed by atoms with Crippen LogP contribution in [0.5, 0.6) is 5.75 Å². The minimum atomic E-state index is -0.182. The van der Waals surface area contributed by atoms with Crippen LogP contribution < -0.4 is 10.1 Å². The predicted octanol–water partition coefficient (Wildman–Crippen LogP) is 2.91. The van der Waals surface area contributed by atoms with Gasteiger partial charge in [-0.1, -0.05) is 6.07 Å². The zero-order valence-corrected chi connectivity index (χ0v) is 14.1. The minimum absolute atomic E-state index is 0.182. The molecule has 23 heavy (non-hydrogen) atoms. The van der Waals surface area contributed by atoms with Crippen LogP contribution >= 0.6 is 0 Å². The Labute approximate surface area is 137 Å². The van der Waals surface area contributed by atoms with Crippen molar-refractivity contribution >= 4 is 5.91 Å². The highest BCUT2D eigenvalue weighted by Gasteiger charge is 2.07. The Bertz CT molecular complexity index is 699. The quantitative estimate of drug-likeness (QED) is 0.833. The molecule has 0 aliphatic heterocycles. The lowest BCUT2D eigenvalue weighted by atomic mass is 10.1. The van der Waals surface area contributed by atoms with Gasteiger partial charge in [0.05, 0.1) is 6.61 Å². The molecule has 0 aliphatic rings. The van der Waals surface area contributed by atoms with Crippen LogP contribution in [-0.4, -0.2) is 29.0 Å². The molecule has 0 fully saturated rings. The van der Waals surface area contributed by atoms with E-state index in [1.165, 1.54) is 11.1 Å². The lowest BCUT2D eigenvalue weighted by Gasteiger charge is -2.12. The first kappa shape index (κ1) is 16.9. The Balaban J connectivity index is 1.77. The summed E-state index contributed by atoms with van der Waals surface area (Å²) in [6.45, 7) is 9.07. The van der Waals surface area contributed by atoms with E-state index in [9.17, 15) is 4.79 Å². The largest absolute Gasteiger partial charge is 0.493 e. The number of rotatable bonds is 6. The van der Waals surface area contributed by atoms with Gasteiger partial charge >= 0.3 is 0 Å². The number of benzene rings is 1. The molecule has 0 radical (unpaired) electrons. The highest BCUT2D eigenvalue weighted by molar-refractivity contribution is 5.92. The van der Waals surface area contributed by atoms with Gasteiger partial charge in [-0.2, -0.15) is 0 Å². The number of hydrogen-bond acceptors (Lipinski definition) is 4. The molecule has 122 valence electrons. The van der Waals surface area contributed by atoms with Crippen molar-refractivity contribution in [3.05, 3.63) is 52.6 Å². The van der Waals surface area contributed by atoms with Crippen molar-refractivity contribution in [3.8, 4) is 5.75 Å². The minimum Gasteiger partial charge on any atom is -0.493 e. The van der Waals surface area contributed by atoms with Crippen LogP contribution in [0.3, 0.4) is 0 Å². The summed E-state index contributed by atoms with van der Waals surface area (Å²) in [5.74, 6) is 1.32. The molecule has 5 heteroatoms. The number of aromatic nitrogens is 2. The Kier molecular flexibility index (Phi) is 5.68. The van der Waals surface area contributed by atoms with Crippen LogP contribution in [0.15, 0.2) is 24.4 Å². The molecular weight excluding hydrogens is 290 g/mol. The summed E-state index contributed by atoms with van der Waals surface area (Å²) in [5, 5.41) is 2.84. The smallest absolute Gasteiger partial charge is 0.270 e. The first-order valence-electron chi connectivity index (χ1n) is 7.76. The van der Waals surface area contributed by atoms with Crippen molar-refractivity contribution < 1.29 is 9.53 Å². The van der Waals surface area contributed by atoms with Crippen LogP contribution in [0, 0.1) is 27.7 Å². The van der Waals surface area contributed by atoms with E-state index in [-0.39, 0.29) is 5.91 Å². The third kappa shape index (κ3) is 4.77. The van der Waals surface area contributed by atoms with E-state index < -0.39 is 0 Å². The number of nitrogens with zero attached hydrogens (tertiary/aromatic N) is 2. The third-order valence-electron chi connectivity index (χ3n) is 3.64. The number of aryl methyl sites for hydroxylation is 3. The van der Waals surface area contributed by atoms with Crippen LogP contribution in [-0.2, 0) is 0 Å². The molecule has 1 N–H and O–H groups in total. The highest BCUT2D eigenvalue weighted by atomic mass is 16.5. The summed E-state index contributed by atoms with van der Waals surface area (Å²) in [5.41, 5.74) is 3.97. The molecule has 5 nitrogen and oxygen atoms in total. The predicted molar refractivity (Wildman–Crippen MR) is 89.9 cm³/mol. The van der Waals surface area contributed by atoms with E-state index in [0.717, 1.165) is 17.7 Å². The van der Waals surface area contributed by atoms with Gasteiger partial charge in [-0.3, -0.25) is 4.79 Å². The van der Waals surface area contributed by atoms with Gasteiger partial charge in [0, 0.05) is 12.7 Å². The molecule has 0 aliphatic carbocycles. The van der Waals surface area contributed by atoms with Gasteiger partial charge in [0.1, 0.15) is 17.3 Å². The number of ether oxygens (including phenoxy) is 1. The average Bonchev–Trinajstić information content (AvgIpc) is 2.51. The summed E-state index contributed by atoms with van der Waals surface area (Å²) in [4.78, 5) is 20.0. The number of carbonyl (C=O) groups excluding carboxylic acids is 1. The van der Waals surface area contributed by atoms with Gasteiger partial charge in [-0.15, -0.1) is 0 Å². The number of nitrogens with one attached hydrogen (secondary N) is 1. The fourth-order valence-electron chi connectivity index (χ4n) is 2.28. The highest BCUT2D eigenvalue weighted by Crippen LogP contribution is 2.23. The molecule has 2 aromatic rings. The van der Waals surface area contributed by atoms with Crippen molar-refractivity contribution in [3.63, 3.8) is 0 Å². The lowest BCUT2D eigenvalue weighted by molar-refractivity contribution is 0.0946. The van der Waals surface area contributed by atoms with Gasteiger partial charge in [0.2, 0.25) is 0 Å². The van der Waals surface area contributed by atoms with Gasteiger partial charge in [-0.25, -0.2) is 9.97 Å².